The van der Waals surface area contributed by atoms with E-state index >= 15 is 0 Å². The number of aromatic nitrogens is 2. The van der Waals surface area contributed by atoms with E-state index < -0.39 is 0 Å². The molecule has 1 unspecified atom stereocenters. The molecule has 2 heterocycles. The third-order valence-corrected chi connectivity index (χ3v) is 7.00. The minimum atomic E-state index is 0.483. The second kappa shape index (κ2) is 10.0. The van der Waals surface area contributed by atoms with Crippen molar-refractivity contribution in [2.45, 2.75) is 39.5 Å². The van der Waals surface area contributed by atoms with Crippen LogP contribution in [0.5, 0.6) is 5.75 Å². The van der Waals surface area contributed by atoms with Crippen molar-refractivity contribution in [1.29, 1.82) is 0 Å². The molecule has 5 heteroatoms. The van der Waals surface area contributed by atoms with Crippen molar-refractivity contribution >= 4 is 36.9 Å². The topological polar surface area (TPSA) is 61.0 Å². The van der Waals surface area contributed by atoms with Gasteiger partial charge in [0.2, 0.25) is 0 Å². The summed E-state index contributed by atoms with van der Waals surface area (Å²) >= 11 is 0. The highest BCUT2D eigenvalue weighted by Gasteiger charge is 2.10. The van der Waals surface area contributed by atoms with E-state index in [0.29, 0.717) is 12.4 Å². The van der Waals surface area contributed by atoms with Gasteiger partial charge >= 0.3 is 0 Å². The summed E-state index contributed by atoms with van der Waals surface area (Å²) in [5, 5.41) is 2.16. The Balaban J connectivity index is 1.29. The van der Waals surface area contributed by atoms with Crippen LogP contribution in [0.3, 0.4) is 0 Å². The Labute approximate surface area is 208 Å². The maximum absolute atomic E-state index is 6.21. The van der Waals surface area contributed by atoms with Gasteiger partial charge in [-0.3, -0.25) is 4.98 Å². The van der Waals surface area contributed by atoms with E-state index in [0.717, 1.165) is 46.6 Å². The number of nitrogen functional groups attached to an aromatic ring is 1. The molecule has 0 bridgehead atoms. The molecule has 0 saturated carbocycles. The first kappa shape index (κ1) is 23.3. The third-order valence-electron chi connectivity index (χ3n) is 6.53. The highest BCUT2D eigenvalue weighted by atomic mass is 31.0. The van der Waals surface area contributed by atoms with Crippen LogP contribution in [0.2, 0.25) is 0 Å². The number of aryl methyl sites for hydroxylation is 4. The Kier molecular flexibility index (Phi) is 6.66. The van der Waals surface area contributed by atoms with E-state index in [2.05, 4.69) is 99.8 Å². The minimum Gasteiger partial charge on any atom is -0.489 e. The highest BCUT2D eigenvalue weighted by molar-refractivity contribution is 7.15. The molecule has 5 rings (SSSR count). The number of fused-ring (bicyclic) bond motifs is 3. The molecule has 0 spiro atoms. The molecule has 0 amide bonds. The predicted molar refractivity (Wildman–Crippen MR) is 149 cm³/mol. The van der Waals surface area contributed by atoms with Crippen molar-refractivity contribution in [2.24, 2.45) is 0 Å². The van der Waals surface area contributed by atoms with Gasteiger partial charge in [-0.15, -0.1) is 9.24 Å². The Bertz CT molecular complexity index is 1510. The number of anilines is 1. The van der Waals surface area contributed by atoms with Gasteiger partial charge in [-0.2, -0.15) is 0 Å². The SMILES string of the molecule is Cc1ccc2c(c1)nc(N)c1ncc(CCc3ccc(OCc4ccc(CP)cc4)cc3C)cc12. The second-order valence-corrected chi connectivity index (χ2v) is 9.56. The normalized spacial score (nSPS) is 11.3. The van der Waals surface area contributed by atoms with Gasteiger partial charge in [0, 0.05) is 17.0 Å². The largest absolute Gasteiger partial charge is 0.489 e. The Morgan fingerprint density at radius 1 is 0.829 bits per heavy atom. The van der Waals surface area contributed by atoms with Gasteiger partial charge in [-0.25, -0.2) is 4.98 Å². The number of nitrogens with two attached hydrogens (primary N) is 1. The van der Waals surface area contributed by atoms with Crippen LogP contribution in [-0.4, -0.2) is 9.97 Å². The summed E-state index contributed by atoms with van der Waals surface area (Å²) in [5.41, 5.74) is 15.3. The van der Waals surface area contributed by atoms with Crippen LogP contribution in [0, 0.1) is 13.8 Å². The van der Waals surface area contributed by atoms with Gasteiger partial charge in [0.05, 0.1) is 5.52 Å². The molecule has 5 aromatic rings. The van der Waals surface area contributed by atoms with Crippen molar-refractivity contribution in [3.05, 3.63) is 106 Å². The Morgan fingerprint density at radius 3 is 2.40 bits per heavy atom. The molecule has 0 radical (unpaired) electrons. The fraction of sp³-hybridized carbons (Fsp3) is 0.200. The summed E-state index contributed by atoms with van der Waals surface area (Å²) in [4.78, 5) is 9.21. The van der Waals surface area contributed by atoms with E-state index in [1.54, 1.807) is 0 Å². The standard InChI is InChI=1S/C30H30N3OP/c1-19-3-12-26-27-15-23(16-32-29(27)30(31)33-28(26)13-19)8-9-24-10-11-25(14-20(24)2)34-17-21-4-6-22(18-35)7-5-21/h3-7,10-16H,8-9,17-18,35H2,1-2H3,(H2,31,33). The van der Waals surface area contributed by atoms with Gasteiger partial charge < -0.3 is 10.5 Å². The summed E-state index contributed by atoms with van der Waals surface area (Å²) in [7, 11) is 2.75. The number of ether oxygens (including phenoxy) is 1. The number of nitrogens with zero attached hydrogens (tertiary/aromatic N) is 2. The summed E-state index contributed by atoms with van der Waals surface area (Å²) in [6.45, 7) is 4.79. The smallest absolute Gasteiger partial charge is 0.150 e. The lowest BCUT2D eigenvalue weighted by Gasteiger charge is -2.12. The van der Waals surface area contributed by atoms with Crippen molar-refractivity contribution < 1.29 is 4.74 Å². The molecule has 1 atom stereocenters. The van der Waals surface area contributed by atoms with Gasteiger partial charge in [0.1, 0.15) is 17.9 Å². The molecule has 0 saturated heterocycles. The number of benzene rings is 3. The first-order valence-corrected chi connectivity index (χ1v) is 12.8. The van der Waals surface area contributed by atoms with Crippen molar-refractivity contribution in [1.82, 2.24) is 9.97 Å². The first-order valence-electron chi connectivity index (χ1n) is 11.9. The van der Waals surface area contributed by atoms with Crippen LogP contribution >= 0.6 is 9.24 Å². The van der Waals surface area contributed by atoms with Crippen LogP contribution < -0.4 is 10.5 Å². The van der Waals surface area contributed by atoms with Crippen LogP contribution in [-0.2, 0) is 25.6 Å². The number of rotatable bonds is 7. The first-order chi connectivity index (χ1) is 17.0. The van der Waals surface area contributed by atoms with Gasteiger partial charge in [-0.1, -0.05) is 42.5 Å². The van der Waals surface area contributed by atoms with E-state index in [-0.39, 0.29) is 0 Å². The van der Waals surface area contributed by atoms with E-state index in [9.17, 15) is 0 Å². The molecular formula is C30H30N3OP. The van der Waals surface area contributed by atoms with Crippen LogP contribution in [0.1, 0.15) is 33.4 Å². The summed E-state index contributed by atoms with van der Waals surface area (Å²) in [6.07, 6.45) is 4.74. The monoisotopic (exact) mass is 479 g/mol. The second-order valence-electron chi connectivity index (χ2n) is 9.15. The molecule has 176 valence electrons. The average molecular weight is 480 g/mol. The molecule has 0 fully saturated rings. The third kappa shape index (κ3) is 5.13. The zero-order chi connectivity index (χ0) is 24.4. The molecule has 0 aliphatic heterocycles. The van der Waals surface area contributed by atoms with E-state index in [4.69, 9.17) is 10.5 Å². The van der Waals surface area contributed by atoms with E-state index in [1.165, 1.54) is 33.4 Å². The highest BCUT2D eigenvalue weighted by Crippen LogP contribution is 2.28. The lowest BCUT2D eigenvalue weighted by atomic mass is 9.99. The fourth-order valence-corrected chi connectivity index (χ4v) is 4.73. The maximum atomic E-state index is 6.21. The molecule has 2 N–H and O–H groups in total. The molecule has 0 aliphatic carbocycles. The molecule has 35 heavy (non-hydrogen) atoms. The molecule has 3 aromatic carbocycles. The molecular weight excluding hydrogens is 449 g/mol. The summed E-state index contributed by atoms with van der Waals surface area (Å²) < 4.78 is 6.04. The molecule has 4 nitrogen and oxygen atoms in total. The van der Waals surface area contributed by atoms with E-state index in [1.807, 2.05) is 6.20 Å². The fourth-order valence-electron chi connectivity index (χ4n) is 4.45. The lowest BCUT2D eigenvalue weighted by molar-refractivity contribution is 0.306. The minimum absolute atomic E-state index is 0.483. The van der Waals surface area contributed by atoms with Gasteiger partial charge in [0.15, 0.2) is 5.82 Å². The van der Waals surface area contributed by atoms with Crippen LogP contribution in [0.4, 0.5) is 5.82 Å². The Hall–Kier alpha value is -3.49. The van der Waals surface area contributed by atoms with Crippen molar-refractivity contribution in [3.63, 3.8) is 0 Å². The number of pyridine rings is 2. The van der Waals surface area contributed by atoms with Crippen LogP contribution in [0.25, 0.3) is 21.8 Å². The lowest BCUT2D eigenvalue weighted by Crippen LogP contribution is -2.00. The number of hydrogen-bond acceptors (Lipinski definition) is 4. The Morgan fingerprint density at radius 2 is 1.63 bits per heavy atom. The average Bonchev–Trinajstić information content (AvgIpc) is 2.87. The molecule has 2 aromatic heterocycles. The maximum Gasteiger partial charge on any atom is 0.150 e. The van der Waals surface area contributed by atoms with Gasteiger partial charge in [-0.05, 0) is 90.5 Å². The zero-order valence-electron chi connectivity index (χ0n) is 20.2. The van der Waals surface area contributed by atoms with Crippen molar-refractivity contribution in [3.8, 4) is 5.75 Å². The quantitative estimate of drug-likeness (QED) is 0.208. The zero-order valence-corrected chi connectivity index (χ0v) is 21.4. The molecule has 0 aliphatic rings. The predicted octanol–water partition coefficient (Wildman–Crippen LogP) is 6.72. The summed E-state index contributed by atoms with van der Waals surface area (Å²) in [5.74, 6) is 1.38. The number of hydrogen-bond donors (Lipinski definition) is 1. The van der Waals surface area contributed by atoms with Crippen molar-refractivity contribution in [2.75, 3.05) is 5.73 Å². The van der Waals surface area contributed by atoms with Crippen LogP contribution in [0.15, 0.2) is 72.9 Å². The summed E-state index contributed by atoms with van der Waals surface area (Å²) in [6, 6.07) is 23.5. The van der Waals surface area contributed by atoms with Gasteiger partial charge in [0.25, 0.3) is 0 Å².